The third-order valence-corrected chi connectivity index (χ3v) is 4.41. The monoisotopic (exact) mass is 422 g/mol. The van der Waals surface area contributed by atoms with Crippen LogP contribution in [0.1, 0.15) is 19.8 Å². The summed E-state index contributed by atoms with van der Waals surface area (Å²) in [5.74, 6) is 0.280. The van der Waals surface area contributed by atoms with Gasteiger partial charge in [-0.2, -0.15) is 0 Å². The normalized spacial score (nSPS) is 11.4. The standard InChI is InChI=1S/C20H24Cl2N4O2/c1-14(13-24-20(28)26-18-9-3-7-16(22)12-18)5-4-10-23-19(27)25-17-8-2-6-15(21)11-17/h2-3,6-9,11-12,14H,4-5,10,13H2,1H3,(H2,23,25,27)(H2,24,26,28). The van der Waals surface area contributed by atoms with E-state index in [0.29, 0.717) is 34.5 Å². The molecule has 2 aromatic carbocycles. The average molecular weight is 423 g/mol. The van der Waals surface area contributed by atoms with E-state index in [1.54, 1.807) is 48.5 Å². The van der Waals surface area contributed by atoms with Crippen LogP contribution < -0.4 is 21.3 Å². The molecule has 2 rings (SSSR count). The van der Waals surface area contributed by atoms with E-state index < -0.39 is 0 Å². The highest BCUT2D eigenvalue weighted by molar-refractivity contribution is 6.31. The molecule has 150 valence electrons. The Kier molecular flexibility index (Phi) is 8.91. The predicted molar refractivity (Wildman–Crippen MR) is 115 cm³/mol. The highest BCUT2D eigenvalue weighted by Gasteiger charge is 2.07. The van der Waals surface area contributed by atoms with Crippen LogP contribution in [0.4, 0.5) is 21.0 Å². The summed E-state index contributed by atoms with van der Waals surface area (Å²) < 4.78 is 0. The van der Waals surface area contributed by atoms with E-state index in [4.69, 9.17) is 23.2 Å². The van der Waals surface area contributed by atoms with Gasteiger partial charge in [-0.3, -0.25) is 0 Å². The molecular formula is C20H24Cl2N4O2. The molecule has 0 fully saturated rings. The van der Waals surface area contributed by atoms with Crippen LogP contribution in [0.5, 0.6) is 0 Å². The van der Waals surface area contributed by atoms with Crippen LogP contribution in [0.25, 0.3) is 0 Å². The van der Waals surface area contributed by atoms with Crippen molar-refractivity contribution in [2.45, 2.75) is 19.8 Å². The van der Waals surface area contributed by atoms with Crippen LogP contribution in [0.3, 0.4) is 0 Å². The number of anilines is 2. The zero-order valence-corrected chi connectivity index (χ0v) is 17.1. The van der Waals surface area contributed by atoms with Gasteiger partial charge in [0.05, 0.1) is 0 Å². The maximum atomic E-state index is 11.9. The van der Waals surface area contributed by atoms with E-state index in [1.165, 1.54) is 0 Å². The molecule has 2 aromatic rings. The van der Waals surface area contributed by atoms with E-state index in [1.807, 2.05) is 6.92 Å². The molecule has 0 heterocycles. The highest BCUT2D eigenvalue weighted by Crippen LogP contribution is 2.15. The summed E-state index contributed by atoms with van der Waals surface area (Å²) in [4.78, 5) is 23.7. The first kappa shape index (κ1) is 21.9. The van der Waals surface area contributed by atoms with E-state index in [2.05, 4.69) is 21.3 Å². The van der Waals surface area contributed by atoms with Crippen molar-refractivity contribution in [2.75, 3.05) is 23.7 Å². The second-order valence-corrected chi connectivity index (χ2v) is 7.36. The Labute approximate surface area is 175 Å². The van der Waals surface area contributed by atoms with Gasteiger partial charge in [0.1, 0.15) is 0 Å². The zero-order chi connectivity index (χ0) is 20.4. The number of hydrogen-bond donors (Lipinski definition) is 4. The molecule has 0 aliphatic heterocycles. The minimum Gasteiger partial charge on any atom is -0.338 e. The van der Waals surface area contributed by atoms with Crippen LogP contribution in [0, 0.1) is 5.92 Å². The van der Waals surface area contributed by atoms with Crippen molar-refractivity contribution in [3.63, 3.8) is 0 Å². The van der Waals surface area contributed by atoms with Gasteiger partial charge in [-0.1, -0.05) is 42.3 Å². The van der Waals surface area contributed by atoms with Gasteiger partial charge in [0.15, 0.2) is 0 Å². The molecule has 0 aliphatic carbocycles. The molecule has 1 atom stereocenters. The molecule has 0 aromatic heterocycles. The number of rotatable bonds is 8. The fraction of sp³-hybridized carbons (Fsp3) is 0.300. The van der Waals surface area contributed by atoms with Crippen molar-refractivity contribution in [3.05, 3.63) is 58.6 Å². The van der Waals surface area contributed by atoms with Gasteiger partial charge >= 0.3 is 12.1 Å². The SMILES string of the molecule is CC(CCCNC(=O)Nc1cccc(Cl)c1)CNC(=O)Nc1cccc(Cl)c1. The lowest BCUT2D eigenvalue weighted by Crippen LogP contribution is -2.33. The minimum absolute atomic E-state index is 0.269. The number of amides is 4. The summed E-state index contributed by atoms with van der Waals surface area (Å²) in [6, 6.07) is 13.4. The van der Waals surface area contributed by atoms with E-state index in [9.17, 15) is 9.59 Å². The fourth-order valence-electron chi connectivity index (χ4n) is 2.50. The van der Waals surface area contributed by atoms with Gasteiger partial charge in [0, 0.05) is 34.5 Å². The Morgan fingerprint density at radius 1 is 0.893 bits per heavy atom. The molecule has 0 bridgehead atoms. The molecule has 0 saturated heterocycles. The summed E-state index contributed by atoms with van der Waals surface area (Å²) in [7, 11) is 0. The smallest absolute Gasteiger partial charge is 0.319 e. The second-order valence-electron chi connectivity index (χ2n) is 6.48. The third-order valence-electron chi connectivity index (χ3n) is 3.94. The average Bonchev–Trinajstić information content (AvgIpc) is 2.63. The molecule has 0 saturated carbocycles. The van der Waals surface area contributed by atoms with Crippen LogP contribution in [-0.4, -0.2) is 25.2 Å². The first-order valence-corrected chi connectivity index (χ1v) is 9.79. The lowest BCUT2D eigenvalue weighted by Gasteiger charge is -2.14. The molecule has 4 amide bonds. The molecule has 0 aliphatic rings. The predicted octanol–water partition coefficient (Wildman–Crippen LogP) is 5.35. The number of benzene rings is 2. The first-order valence-electron chi connectivity index (χ1n) is 9.03. The topological polar surface area (TPSA) is 82.3 Å². The van der Waals surface area contributed by atoms with Crippen LogP contribution in [0.15, 0.2) is 48.5 Å². The quantitative estimate of drug-likeness (QED) is 0.432. The molecule has 4 N–H and O–H groups in total. The molecule has 0 radical (unpaired) electrons. The summed E-state index contributed by atoms with van der Waals surface area (Å²) >= 11 is 11.8. The van der Waals surface area contributed by atoms with Crippen molar-refractivity contribution in [2.24, 2.45) is 5.92 Å². The van der Waals surface area contributed by atoms with Gasteiger partial charge in [-0.05, 0) is 55.2 Å². The molecule has 6 nitrogen and oxygen atoms in total. The Bertz CT molecular complexity index is 801. The summed E-state index contributed by atoms with van der Waals surface area (Å²) in [6.07, 6.45) is 1.68. The number of urea groups is 2. The van der Waals surface area contributed by atoms with Gasteiger partial charge in [0.25, 0.3) is 0 Å². The van der Waals surface area contributed by atoms with Crippen LogP contribution in [0.2, 0.25) is 10.0 Å². The summed E-state index contributed by atoms with van der Waals surface area (Å²) in [5.41, 5.74) is 1.29. The van der Waals surface area contributed by atoms with Crippen molar-refractivity contribution < 1.29 is 9.59 Å². The fourth-order valence-corrected chi connectivity index (χ4v) is 2.89. The van der Waals surface area contributed by atoms with Gasteiger partial charge < -0.3 is 21.3 Å². The van der Waals surface area contributed by atoms with E-state index >= 15 is 0 Å². The highest BCUT2D eigenvalue weighted by atomic mass is 35.5. The lowest BCUT2D eigenvalue weighted by molar-refractivity contribution is 0.250. The van der Waals surface area contributed by atoms with Crippen molar-refractivity contribution in [3.8, 4) is 0 Å². The van der Waals surface area contributed by atoms with Gasteiger partial charge in [-0.25, -0.2) is 9.59 Å². The first-order chi connectivity index (χ1) is 13.4. The van der Waals surface area contributed by atoms with Gasteiger partial charge in [0.2, 0.25) is 0 Å². The van der Waals surface area contributed by atoms with Crippen molar-refractivity contribution in [1.29, 1.82) is 0 Å². The number of hydrogen-bond acceptors (Lipinski definition) is 2. The van der Waals surface area contributed by atoms with Crippen molar-refractivity contribution in [1.82, 2.24) is 10.6 Å². The molecule has 28 heavy (non-hydrogen) atoms. The Hall–Kier alpha value is -2.44. The van der Waals surface area contributed by atoms with Crippen LogP contribution in [-0.2, 0) is 0 Å². The number of halogens is 2. The van der Waals surface area contributed by atoms with Gasteiger partial charge in [-0.15, -0.1) is 0 Å². The number of carbonyl (C=O) groups is 2. The van der Waals surface area contributed by atoms with Crippen LogP contribution >= 0.6 is 23.2 Å². The minimum atomic E-state index is -0.270. The number of nitrogens with one attached hydrogen (secondary N) is 4. The molecular weight excluding hydrogens is 399 g/mol. The third kappa shape index (κ3) is 8.50. The maximum absolute atomic E-state index is 11.9. The summed E-state index contributed by atoms with van der Waals surface area (Å²) in [5, 5.41) is 12.2. The Morgan fingerprint density at radius 2 is 1.43 bits per heavy atom. The maximum Gasteiger partial charge on any atom is 0.319 e. The zero-order valence-electron chi connectivity index (χ0n) is 15.6. The van der Waals surface area contributed by atoms with E-state index in [-0.39, 0.29) is 18.0 Å². The number of carbonyl (C=O) groups excluding carboxylic acids is 2. The second kappa shape index (κ2) is 11.4. The Balaban J connectivity index is 1.57. The summed E-state index contributed by atoms with van der Waals surface area (Å²) in [6.45, 7) is 3.14. The molecule has 8 heteroatoms. The largest absolute Gasteiger partial charge is 0.338 e. The van der Waals surface area contributed by atoms with E-state index in [0.717, 1.165) is 12.8 Å². The lowest BCUT2D eigenvalue weighted by atomic mass is 10.1. The van der Waals surface area contributed by atoms with Crippen molar-refractivity contribution >= 4 is 46.6 Å². The Morgan fingerprint density at radius 3 is 1.96 bits per heavy atom. The molecule has 0 spiro atoms. The molecule has 1 unspecified atom stereocenters.